The van der Waals surface area contributed by atoms with Crippen molar-refractivity contribution in [1.82, 2.24) is 9.80 Å². The number of nitrogens with one attached hydrogen (secondary N) is 1. The van der Waals surface area contributed by atoms with Gasteiger partial charge in [-0.15, -0.1) is 0 Å². The van der Waals surface area contributed by atoms with Gasteiger partial charge in [-0.25, -0.2) is 4.39 Å². The quantitative estimate of drug-likeness (QED) is 0.830. The Morgan fingerprint density at radius 1 is 1.04 bits per heavy atom. The summed E-state index contributed by atoms with van der Waals surface area (Å²) >= 11 is 0. The van der Waals surface area contributed by atoms with Crippen LogP contribution in [0.1, 0.15) is 17.3 Å². The number of hydrogen-bond acceptors (Lipinski definition) is 4. The van der Waals surface area contributed by atoms with E-state index in [1.165, 1.54) is 12.1 Å². The van der Waals surface area contributed by atoms with Gasteiger partial charge in [0.05, 0.1) is 18.7 Å². The maximum atomic E-state index is 13.8. The van der Waals surface area contributed by atoms with Gasteiger partial charge < -0.3 is 15.0 Å². The molecule has 0 bridgehead atoms. The summed E-state index contributed by atoms with van der Waals surface area (Å²) in [4.78, 5) is 28.3. The summed E-state index contributed by atoms with van der Waals surface area (Å²) in [5.74, 6) is -0.171. The first-order valence-corrected chi connectivity index (χ1v) is 9.35. The van der Waals surface area contributed by atoms with Crippen molar-refractivity contribution in [3.8, 4) is 5.75 Å². The van der Waals surface area contributed by atoms with Gasteiger partial charge in [0, 0.05) is 31.9 Å². The van der Waals surface area contributed by atoms with E-state index in [4.69, 9.17) is 4.74 Å². The highest BCUT2D eigenvalue weighted by Crippen LogP contribution is 2.16. The molecule has 1 saturated heterocycles. The molecular weight excluding hydrogens is 361 g/mol. The molecule has 28 heavy (non-hydrogen) atoms. The van der Waals surface area contributed by atoms with Crippen LogP contribution in [0.2, 0.25) is 0 Å². The molecule has 3 rings (SSSR count). The van der Waals surface area contributed by atoms with Gasteiger partial charge in [0.1, 0.15) is 11.6 Å². The summed E-state index contributed by atoms with van der Waals surface area (Å²) in [6.07, 6.45) is 0. The number of amides is 2. The van der Waals surface area contributed by atoms with E-state index >= 15 is 0 Å². The lowest BCUT2D eigenvalue weighted by Crippen LogP contribution is -2.50. The number of ether oxygens (including phenoxy) is 1. The number of carbonyl (C=O) groups is 2. The predicted octanol–water partition coefficient (Wildman–Crippen LogP) is 2.62. The highest BCUT2D eigenvalue weighted by molar-refractivity contribution is 5.94. The van der Waals surface area contributed by atoms with Gasteiger partial charge in [0.2, 0.25) is 5.91 Å². The molecule has 1 N–H and O–H groups in total. The highest BCUT2D eigenvalue weighted by Gasteiger charge is 2.24. The van der Waals surface area contributed by atoms with Gasteiger partial charge >= 0.3 is 0 Å². The molecule has 0 spiro atoms. The Hall–Kier alpha value is -2.93. The molecule has 1 aliphatic heterocycles. The van der Waals surface area contributed by atoms with Crippen LogP contribution in [0.15, 0.2) is 48.5 Å². The first-order chi connectivity index (χ1) is 13.6. The van der Waals surface area contributed by atoms with Crippen molar-refractivity contribution in [2.75, 3.05) is 44.6 Å². The molecule has 1 aliphatic rings. The van der Waals surface area contributed by atoms with E-state index in [2.05, 4.69) is 5.32 Å². The molecule has 7 heteroatoms. The van der Waals surface area contributed by atoms with Crippen molar-refractivity contribution < 1.29 is 18.7 Å². The first-order valence-electron chi connectivity index (χ1n) is 9.35. The minimum absolute atomic E-state index is 0.0872. The summed E-state index contributed by atoms with van der Waals surface area (Å²) in [5.41, 5.74) is 0.797. The summed E-state index contributed by atoms with van der Waals surface area (Å²) in [6.45, 7) is 4.81. The Morgan fingerprint density at radius 3 is 2.36 bits per heavy atom. The van der Waals surface area contributed by atoms with Crippen LogP contribution in [0.3, 0.4) is 0 Å². The van der Waals surface area contributed by atoms with E-state index in [1.807, 2.05) is 24.0 Å². The zero-order valence-electron chi connectivity index (χ0n) is 15.9. The summed E-state index contributed by atoms with van der Waals surface area (Å²) in [5, 5.41) is 2.86. The number of benzene rings is 2. The van der Waals surface area contributed by atoms with Crippen molar-refractivity contribution in [2.24, 2.45) is 0 Å². The van der Waals surface area contributed by atoms with Crippen LogP contribution >= 0.6 is 0 Å². The fraction of sp³-hybridized carbons (Fsp3) is 0.333. The summed E-state index contributed by atoms with van der Waals surface area (Å²) < 4.78 is 19.2. The largest absolute Gasteiger partial charge is 0.494 e. The lowest BCUT2D eigenvalue weighted by atomic mass is 10.1. The number of carbonyl (C=O) groups excluding carboxylic acids is 2. The maximum Gasteiger partial charge on any atom is 0.256 e. The molecule has 0 aliphatic carbocycles. The van der Waals surface area contributed by atoms with Crippen LogP contribution in [0.25, 0.3) is 0 Å². The molecule has 1 heterocycles. The Balaban J connectivity index is 1.46. The summed E-state index contributed by atoms with van der Waals surface area (Å²) in [7, 11) is 0. The zero-order chi connectivity index (χ0) is 19.9. The third-order valence-corrected chi connectivity index (χ3v) is 4.58. The molecular formula is C21H24FN3O3. The second-order valence-electron chi connectivity index (χ2n) is 6.55. The zero-order valence-corrected chi connectivity index (χ0v) is 15.9. The van der Waals surface area contributed by atoms with Gasteiger partial charge in [0.15, 0.2) is 0 Å². The molecule has 0 unspecified atom stereocenters. The van der Waals surface area contributed by atoms with E-state index < -0.39 is 5.82 Å². The lowest BCUT2D eigenvalue weighted by Gasteiger charge is -2.34. The second kappa shape index (κ2) is 9.32. The van der Waals surface area contributed by atoms with Crippen LogP contribution in [-0.2, 0) is 4.79 Å². The van der Waals surface area contributed by atoms with Crippen LogP contribution in [-0.4, -0.2) is 60.9 Å². The Morgan fingerprint density at radius 2 is 1.71 bits per heavy atom. The van der Waals surface area contributed by atoms with E-state index in [0.29, 0.717) is 38.5 Å². The van der Waals surface area contributed by atoms with Gasteiger partial charge in [0.25, 0.3) is 5.91 Å². The molecule has 0 aromatic heterocycles. The van der Waals surface area contributed by atoms with Crippen molar-refractivity contribution in [3.05, 3.63) is 59.9 Å². The van der Waals surface area contributed by atoms with Crippen molar-refractivity contribution in [1.29, 1.82) is 0 Å². The molecule has 6 nitrogen and oxygen atoms in total. The van der Waals surface area contributed by atoms with Gasteiger partial charge in [-0.2, -0.15) is 0 Å². The van der Waals surface area contributed by atoms with Crippen molar-refractivity contribution in [2.45, 2.75) is 6.92 Å². The smallest absolute Gasteiger partial charge is 0.256 e. The highest BCUT2D eigenvalue weighted by atomic mass is 19.1. The standard InChI is InChI=1S/C21H24FN3O3/c1-2-28-17-9-7-16(8-10-17)23-20(26)15-24-11-13-25(14-12-24)21(27)18-5-3-4-6-19(18)22/h3-10H,2,11-15H2,1H3,(H,23,26). The Labute approximate surface area is 163 Å². The van der Waals surface area contributed by atoms with E-state index in [0.717, 1.165) is 5.75 Å². The number of piperazine rings is 1. The maximum absolute atomic E-state index is 13.8. The first kappa shape index (κ1) is 19.8. The monoisotopic (exact) mass is 385 g/mol. The van der Waals surface area contributed by atoms with E-state index in [1.54, 1.807) is 29.2 Å². The summed E-state index contributed by atoms with van der Waals surface area (Å²) in [6, 6.07) is 13.2. The molecule has 0 atom stereocenters. The number of rotatable bonds is 6. The van der Waals surface area contributed by atoms with Gasteiger partial charge in [-0.05, 0) is 43.3 Å². The SMILES string of the molecule is CCOc1ccc(NC(=O)CN2CCN(C(=O)c3ccccc3F)CC2)cc1. The fourth-order valence-corrected chi connectivity index (χ4v) is 3.12. The number of hydrogen-bond donors (Lipinski definition) is 1. The molecule has 2 amide bonds. The van der Waals surface area contributed by atoms with Crippen LogP contribution in [0.5, 0.6) is 5.75 Å². The van der Waals surface area contributed by atoms with Crippen molar-refractivity contribution >= 4 is 17.5 Å². The molecule has 2 aromatic carbocycles. The van der Waals surface area contributed by atoms with E-state index in [9.17, 15) is 14.0 Å². The van der Waals surface area contributed by atoms with Gasteiger partial charge in [-0.1, -0.05) is 12.1 Å². The third-order valence-electron chi connectivity index (χ3n) is 4.58. The Bertz CT molecular complexity index is 818. The average Bonchev–Trinajstić information content (AvgIpc) is 2.70. The lowest BCUT2D eigenvalue weighted by molar-refractivity contribution is -0.117. The molecule has 2 aromatic rings. The second-order valence-corrected chi connectivity index (χ2v) is 6.55. The minimum Gasteiger partial charge on any atom is -0.494 e. The molecule has 0 saturated carbocycles. The van der Waals surface area contributed by atoms with Crippen LogP contribution in [0, 0.1) is 5.82 Å². The molecule has 0 radical (unpaired) electrons. The van der Waals surface area contributed by atoms with Crippen molar-refractivity contribution in [3.63, 3.8) is 0 Å². The fourth-order valence-electron chi connectivity index (χ4n) is 3.12. The van der Waals surface area contributed by atoms with E-state index in [-0.39, 0.29) is 23.9 Å². The third kappa shape index (κ3) is 5.07. The minimum atomic E-state index is -0.510. The Kier molecular flexibility index (Phi) is 6.60. The number of anilines is 1. The topological polar surface area (TPSA) is 61.9 Å². The molecule has 148 valence electrons. The van der Waals surface area contributed by atoms with Crippen LogP contribution in [0.4, 0.5) is 10.1 Å². The van der Waals surface area contributed by atoms with Crippen LogP contribution < -0.4 is 10.1 Å². The number of nitrogens with zero attached hydrogens (tertiary/aromatic N) is 2. The predicted molar refractivity (Wildman–Crippen MR) is 105 cm³/mol. The number of halogens is 1. The average molecular weight is 385 g/mol. The normalized spacial score (nSPS) is 14.6. The molecule has 1 fully saturated rings. The van der Waals surface area contributed by atoms with Gasteiger partial charge in [-0.3, -0.25) is 14.5 Å².